The molecule has 114 valence electrons. The van der Waals surface area contributed by atoms with Crippen LogP contribution in [0.25, 0.3) is 0 Å². The summed E-state index contributed by atoms with van der Waals surface area (Å²) in [6, 6.07) is 5.16. The van der Waals surface area contributed by atoms with Crippen LogP contribution in [-0.2, 0) is 16.0 Å². The van der Waals surface area contributed by atoms with Gasteiger partial charge in [0.25, 0.3) is 0 Å². The number of hydrogen-bond acceptors (Lipinski definition) is 4. The summed E-state index contributed by atoms with van der Waals surface area (Å²) >= 11 is 0. The maximum atomic E-state index is 11.9. The van der Waals surface area contributed by atoms with Gasteiger partial charge >= 0.3 is 12.1 Å². The van der Waals surface area contributed by atoms with Gasteiger partial charge in [0.1, 0.15) is 11.8 Å². The van der Waals surface area contributed by atoms with Gasteiger partial charge < -0.3 is 15.2 Å². The van der Waals surface area contributed by atoms with Crippen molar-refractivity contribution in [2.75, 3.05) is 13.7 Å². The minimum atomic E-state index is -4.54. The fraction of sp³-hybridized carbons (Fsp3) is 0.417. The lowest BCUT2D eigenvalue weighted by molar-refractivity contribution is -0.187. The highest BCUT2D eigenvalue weighted by atomic mass is 35.5. The smallest absolute Gasteiger partial charge is 0.422 e. The maximum Gasteiger partial charge on any atom is 0.422 e. The highest BCUT2D eigenvalue weighted by Crippen LogP contribution is 2.16. The summed E-state index contributed by atoms with van der Waals surface area (Å²) in [5.74, 6) is -0.891. The standard InChI is InChI=1S/C12H14F3NO3.ClH/c1-16-10(11(18)19-7-12(13,14)15)6-8-2-4-9(17)5-3-8;/h2-5,10,16-17H,6-7H2,1H3;1H/t10-;/m0./s1. The van der Waals surface area contributed by atoms with Crippen LogP contribution in [0.2, 0.25) is 0 Å². The van der Waals surface area contributed by atoms with E-state index >= 15 is 0 Å². The Labute approximate surface area is 120 Å². The van der Waals surface area contributed by atoms with Crippen LogP contribution in [0, 0.1) is 0 Å². The number of hydrogen-bond donors (Lipinski definition) is 2. The fourth-order valence-electron chi connectivity index (χ4n) is 1.42. The van der Waals surface area contributed by atoms with Crippen molar-refractivity contribution in [3.8, 4) is 5.75 Å². The molecule has 0 saturated heterocycles. The second-order valence-corrected chi connectivity index (χ2v) is 3.93. The molecule has 2 N–H and O–H groups in total. The summed E-state index contributed by atoms with van der Waals surface area (Å²) in [4.78, 5) is 11.5. The van der Waals surface area contributed by atoms with E-state index in [1.165, 1.54) is 19.2 Å². The Bertz CT molecular complexity index is 423. The highest BCUT2D eigenvalue weighted by molar-refractivity contribution is 5.85. The first-order valence-corrected chi connectivity index (χ1v) is 5.50. The van der Waals surface area contributed by atoms with Crippen LogP contribution >= 0.6 is 12.4 Å². The zero-order valence-electron chi connectivity index (χ0n) is 10.6. The lowest BCUT2D eigenvalue weighted by Gasteiger charge is -2.16. The molecule has 0 amide bonds. The number of phenols is 1. The number of benzene rings is 1. The minimum absolute atomic E-state index is 0. The Morgan fingerprint density at radius 1 is 1.35 bits per heavy atom. The van der Waals surface area contributed by atoms with E-state index < -0.39 is 24.8 Å². The number of rotatable bonds is 5. The third-order valence-electron chi connectivity index (χ3n) is 2.39. The van der Waals surface area contributed by atoms with E-state index in [1.807, 2.05) is 0 Å². The van der Waals surface area contributed by atoms with Crippen LogP contribution in [0.4, 0.5) is 13.2 Å². The van der Waals surface area contributed by atoms with E-state index in [0.29, 0.717) is 5.56 Å². The van der Waals surface area contributed by atoms with Gasteiger partial charge in [0.2, 0.25) is 0 Å². The highest BCUT2D eigenvalue weighted by Gasteiger charge is 2.31. The molecule has 0 saturated carbocycles. The molecule has 0 aliphatic carbocycles. The number of likely N-dealkylation sites (N-methyl/N-ethyl adjacent to an activating group) is 1. The zero-order valence-corrected chi connectivity index (χ0v) is 11.4. The van der Waals surface area contributed by atoms with Gasteiger partial charge in [-0.15, -0.1) is 12.4 Å². The Balaban J connectivity index is 0.00000361. The van der Waals surface area contributed by atoms with E-state index in [1.54, 1.807) is 12.1 Å². The fourth-order valence-corrected chi connectivity index (χ4v) is 1.42. The van der Waals surface area contributed by atoms with Gasteiger partial charge in [0.05, 0.1) is 0 Å². The normalized spacial score (nSPS) is 12.4. The number of esters is 1. The second-order valence-electron chi connectivity index (χ2n) is 3.93. The summed E-state index contributed by atoms with van der Waals surface area (Å²) in [5, 5.41) is 11.7. The molecule has 0 aromatic heterocycles. The van der Waals surface area contributed by atoms with E-state index in [0.717, 1.165) is 0 Å². The first-order chi connectivity index (χ1) is 8.81. The maximum absolute atomic E-state index is 11.9. The van der Waals surface area contributed by atoms with E-state index in [9.17, 15) is 18.0 Å². The van der Waals surface area contributed by atoms with Crippen molar-refractivity contribution in [1.29, 1.82) is 0 Å². The molecular weight excluding hydrogens is 299 g/mol. The molecule has 4 nitrogen and oxygen atoms in total. The van der Waals surface area contributed by atoms with E-state index in [2.05, 4.69) is 10.1 Å². The summed E-state index contributed by atoms with van der Waals surface area (Å²) in [5.41, 5.74) is 0.695. The molecule has 20 heavy (non-hydrogen) atoms. The van der Waals surface area contributed by atoms with Crippen molar-refractivity contribution < 1.29 is 27.8 Å². The number of phenolic OH excluding ortho intramolecular Hbond substituents is 1. The van der Waals surface area contributed by atoms with Crippen LogP contribution in [0.15, 0.2) is 24.3 Å². The van der Waals surface area contributed by atoms with Crippen LogP contribution in [0.5, 0.6) is 5.75 Å². The lowest BCUT2D eigenvalue weighted by Crippen LogP contribution is -2.39. The predicted molar refractivity (Wildman–Crippen MR) is 68.9 cm³/mol. The van der Waals surface area contributed by atoms with Gasteiger partial charge in [0.15, 0.2) is 6.61 Å². The second kappa shape index (κ2) is 7.96. The first kappa shape index (κ1) is 18.5. The van der Waals surface area contributed by atoms with E-state index in [4.69, 9.17) is 5.11 Å². The first-order valence-electron chi connectivity index (χ1n) is 5.50. The Hall–Kier alpha value is -1.47. The largest absolute Gasteiger partial charge is 0.508 e. The Morgan fingerprint density at radius 3 is 2.35 bits per heavy atom. The number of carbonyl (C=O) groups is 1. The molecule has 0 heterocycles. The Kier molecular flexibility index (Phi) is 7.38. The van der Waals surface area contributed by atoms with Gasteiger partial charge in [-0.25, -0.2) is 0 Å². The Morgan fingerprint density at radius 2 is 1.90 bits per heavy atom. The third kappa shape index (κ3) is 6.63. The SMILES string of the molecule is CN[C@@H](Cc1ccc(O)cc1)C(=O)OCC(F)(F)F.Cl. The summed E-state index contributed by atoms with van der Waals surface area (Å²) in [6.45, 7) is -1.60. The molecule has 0 spiro atoms. The van der Waals surface area contributed by atoms with E-state index in [-0.39, 0.29) is 24.6 Å². The van der Waals surface area contributed by atoms with Gasteiger partial charge in [0, 0.05) is 0 Å². The molecule has 0 fully saturated rings. The van der Waals surface area contributed by atoms with Crippen LogP contribution < -0.4 is 5.32 Å². The van der Waals surface area contributed by atoms with Gasteiger partial charge in [-0.05, 0) is 31.2 Å². The molecule has 1 rings (SSSR count). The number of halogens is 4. The molecule has 1 atom stereocenters. The molecule has 0 unspecified atom stereocenters. The molecule has 0 bridgehead atoms. The van der Waals surface area contributed by atoms with Crippen molar-refractivity contribution in [1.82, 2.24) is 5.32 Å². The molecule has 0 radical (unpaired) electrons. The van der Waals surface area contributed by atoms with Crippen molar-refractivity contribution in [3.05, 3.63) is 29.8 Å². The molecular formula is C12H15ClF3NO3. The predicted octanol–water partition coefficient (Wildman–Crippen LogP) is 2.05. The van der Waals surface area contributed by atoms with Crippen molar-refractivity contribution in [2.45, 2.75) is 18.6 Å². The summed E-state index contributed by atoms with van der Waals surface area (Å²) in [6.07, 6.45) is -4.36. The van der Waals surface area contributed by atoms with Crippen molar-refractivity contribution in [2.24, 2.45) is 0 Å². The topological polar surface area (TPSA) is 58.6 Å². The molecule has 1 aromatic carbocycles. The minimum Gasteiger partial charge on any atom is -0.508 e. The number of carbonyl (C=O) groups excluding carboxylic acids is 1. The van der Waals surface area contributed by atoms with Crippen LogP contribution in [0.1, 0.15) is 5.56 Å². The molecule has 0 aliphatic heterocycles. The molecule has 0 aliphatic rings. The summed E-state index contributed by atoms with van der Waals surface area (Å²) in [7, 11) is 1.46. The van der Waals surface area contributed by atoms with Crippen LogP contribution in [0.3, 0.4) is 0 Å². The lowest BCUT2D eigenvalue weighted by atomic mass is 10.1. The zero-order chi connectivity index (χ0) is 14.5. The van der Waals surface area contributed by atoms with Gasteiger partial charge in [-0.1, -0.05) is 12.1 Å². The number of ether oxygens (including phenoxy) is 1. The molecule has 1 aromatic rings. The van der Waals surface area contributed by atoms with Gasteiger partial charge in [-0.2, -0.15) is 13.2 Å². The molecule has 8 heteroatoms. The van der Waals surface area contributed by atoms with Crippen LogP contribution in [-0.4, -0.2) is 36.9 Å². The number of alkyl halides is 3. The van der Waals surface area contributed by atoms with Crippen molar-refractivity contribution >= 4 is 18.4 Å². The summed E-state index contributed by atoms with van der Waals surface area (Å²) < 4.78 is 40.0. The van der Waals surface area contributed by atoms with Gasteiger partial charge in [-0.3, -0.25) is 4.79 Å². The van der Waals surface area contributed by atoms with Crippen molar-refractivity contribution in [3.63, 3.8) is 0 Å². The quantitative estimate of drug-likeness (QED) is 0.817. The average molecular weight is 314 g/mol. The average Bonchev–Trinajstić information content (AvgIpc) is 2.34. The number of nitrogens with one attached hydrogen (secondary N) is 1. The number of aromatic hydroxyl groups is 1. The third-order valence-corrected chi connectivity index (χ3v) is 2.39. The monoisotopic (exact) mass is 313 g/mol.